The average molecular weight is 221 g/mol. The van der Waals surface area contributed by atoms with Gasteiger partial charge in [0.15, 0.2) is 5.96 Å². The van der Waals surface area contributed by atoms with Crippen LogP contribution in [-0.2, 0) is 6.42 Å². The van der Waals surface area contributed by atoms with Gasteiger partial charge in [0.25, 0.3) is 0 Å². The van der Waals surface area contributed by atoms with Crippen molar-refractivity contribution in [2.24, 2.45) is 5.73 Å². The highest BCUT2D eigenvalue weighted by Crippen LogP contribution is 2.08. The van der Waals surface area contributed by atoms with Crippen molar-refractivity contribution in [3.05, 3.63) is 41.6 Å². The Balaban J connectivity index is 2.50. The molecule has 0 aromatic heterocycles. The van der Waals surface area contributed by atoms with Gasteiger partial charge in [-0.25, -0.2) is 0 Å². The minimum atomic E-state index is -0.274. The van der Waals surface area contributed by atoms with Crippen LogP contribution in [0.3, 0.4) is 0 Å². The molecule has 0 radical (unpaired) electrons. The molecule has 0 aliphatic heterocycles. The van der Waals surface area contributed by atoms with E-state index in [1.807, 2.05) is 30.3 Å². The number of aryl methyl sites for hydroxylation is 1. The number of alkyl halides is 1. The molecule has 4 heteroatoms. The summed E-state index contributed by atoms with van der Waals surface area (Å²) >= 11 is 0. The number of rotatable bonds is 5. The molecule has 86 valence electrons. The largest absolute Gasteiger partial charge is 0.370 e. The SMILES string of the molecule is N=C(N)NC=Cc1ccc(CCCF)cc1. The molecule has 0 bridgehead atoms. The standard InChI is InChI=1S/C12H16FN3/c13-8-1-2-10-3-5-11(6-4-10)7-9-16-12(14)15/h3-7,9H,1-2,8H2,(H4,14,15,16). The molecular formula is C12H16FN3. The Morgan fingerprint density at radius 2 is 2.06 bits per heavy atom. The molecule has 0 amide bonds. The molecule has 0 saturated heterocycles. The summed E-state index contributed by atoms with van der Waals surface area (Å²) in [6.45, 7) is -0.274. The second kappa shape index (κ2) is 6.61. The van der Waals surface area contributed by atoms with Gasteiger partial charge in [0.1, 0.15) is 0 Å². The number of nitrogens with one attached hydrogen (secondary N) is 2. The lowest BCUT2D eigenvalue weighted by Gasteiger charge is -2.00. The van der Waals surface area contributed by atoms with Gasteiger partial charge >= 0.3 is 0 Å². The molecule has 0 aliphatic carbocycles. The lowest BCUT2D eigenvalue weighted by atomic mass is 10.1. The zero-order valence-electron chi connectivity index (χ0n) is 9.04. The molecule has 0 unspecified atom stereocenters. The van der Waals surface area contributed by atoms with Gasteiger partial charge < -0.3 is 11.1 Å². The van der Waals surface area contributed by atoms with E-state index in [9.17, 15) is 4.39 Å². The van der Waals surface area contributed by atoms with Crippen LogP contribution in [0.5, 0.6) is 0 Å². The molecule has 1 aromatic carbocycles. The summed E-state index contributed by atoms with van der Waals surface area (Å²) < 4.78 is 11.9. The average Bonchev–Trinajstić information content (AvgIpc) is 2.27. The van der Waals surface area contributed by atoms with Crippen LogP contribution < -0.4 is 11.1 Å². The van der Waals surface area contributed by atoms with Gasteiger partial charge in [0.05, 0.1) is 6.67 Å². The summed E-state index contributed by atoms with van der Waals surface area (Å²) in [4.78, 5) is 0. The molecule has 3 nitrogen and oxygen atoms in total. The predicted molar refractivity (Wildman–Crippen MR) is 64.8 cm³/mol. The normalized spacial score (nSPS) is 10.6. The Hall–Kier alpha value is -1.84. The molecule has 4 N–H and O–H groups in total. The van der Waals surface area contributed by atoms with Crippen LogP contribution in [0.4, 0.5) is 4.39 Å². The summed E-state index contributed by atoms with van der Waals surface area (Å²) in [5.41, 5.74) is 7.27. The summed E-state index contributed by atoms with van der Waals surface area (Å²) in [6, 6.07) is 7.85. The number of halogens is 1. The number of hydrogen-bond donors (Lipinski definition) is 3. The van der Waals surface area contributed by atoms with Crippen molar-refractivity contribution in [1.29, 1.82) is 5.41 Å². The zero-order chi connectivity index (χ0) is 11.8. The number of guanidine groups is 1. The van der Waals surface area contributed by atoms with E-state index in [2.05, 4.69) is 5.32 Å². The third-order valence-corrected chi connectivity index (χ3v) is 2.09. The fraction of sp³-hybridized carbons (Fsp3) is 0.250. The molecule has 1 rings (SSSR count). The predicted octanol–water partition coefficient (Wildman–Crippen LogP) is 2.04. The van der Waals surface area contributed by atoms with E-state index < -0.39 is 0 Å². The molecule has 1 aromatic rings. The van der Waals surface area contributed by atoms with E-state index in [1.165, 1.54) is 0 Å². The minimum absolute atomic E-state index is 0.0872. The van der Waals surface area contributed by atoms with E-state index in [1.54, 1.807) is 6.20 Å². The number of hydrogen-bond acceptors (Lipinski definition) is 1. The Kier molecular flexibility index (Phi) is 5.05. The van der Waals surface area contributed by atoms with Crippen molar-refractivity contribution in [1.82, 2.24) is 5.32 Å². The molecule has 0 fully saturated rings. The van der Waals surface area contributed by atoms with E-state index in [-0.39, 0.29) is 12.6 Å². The van der Waals surface area contributed by atoms with Crippen LogP contribution in [0.2, 0.25) is 0 Å². The Morgan fingerprint density at radius 1 is 1.38 bits per heavy atom. The second-order valence-corrected chi connectivity index (χ2v) is 3.43. The van der Waals surface area contributed by atoms with Crippen molar-refractivity contribution < 1.29 is 4.39 Å². The van der Waals surface area contributed by atoms with Crippen LogP contribution in [0.1, 0.15) is 17.5 Å². The number of nitrogens with two attached hydrogens (primary N) is 1. The summed E-state index contributed by atoms with van der Waals surface area (Å²) in [5, 5.41) is 9.52. The van der Waals surface area contributed by atoms with Gasteiger partial charge in [0, 0.05) is 6.20 Å². The van der Waals surface area contributed by atoms with Gasteiger partial charge in [-0.2, -0.15) is 0 Å². The van der Waals surface area contributed by atoms with Crippen molar-refractivity contribution in [2.75, 3.05) is 6.67 Å². The van der Waals surface area contributed by atoms with E-state index in [0.29, 0.717) is 6.42 Å². The molecule has 0 saturated carbocycles. The summed E-state index contributed by atoms with van der Waals surface area (Å²) in [5.74, 6) is -0.0872. The Morgan fingerprint density at radius 3 is 2.62 bits per heavy atom. The van der Waals surface area contributed by atoms with Crippen molar-refractivity contribution >= 4 is 12.0 Å². The molecule has 0 atom stereocenters. The highest BCUT2D eigenvalue weighted by Gasteiger charge is 1.92. The molecule has 0 heterocycles. The van der Waals surface area contributed by atoms with E-state index in [0.717, 1.165) is 17.5 Å². The Labute approximate surface area is 94.7 Å². The van der Waals surface area contributed by atoms with Gasteiger partial charge in [0.2, 0.25) is 0 Å². The topological polar surface area (TPSA) is 61.9 Å². The quantitative estimate of drug-likeness (QED) is 0.526. The monoisotopic (exact) mass is 221 g/mol. The van der Waals surface area contributed by atoms with Crippen LogP contribution >= 0.6 is 0 Å². The zero-order valence-corrected chi connectivity index (χ0v) is 9.04. The van der Waals surface area contributed by atoms with Crippen molar-refractivity contribution in [3.8, 4) is 0 Å². The maximum Gasteiger partial charge on any atom is 0.189 e. The fourth-order valence-electron chi connectivity index (χ4n) is 1.29. The lowest BCUT2D eigenvalue weighted by Crippen LogP contribution is -2.24. The maximum absolute atomic E-state index is 11.9. The maximum atomic E-state index is 11.9. The van der Waals surface area contributed by atoms with Crippen LogP contribution in [-0.4, -0.2) is 12.6 Å². The number of benzene rings is 1. The highest BCUT2D eigenvalue weighted by atomic mass is 19.1. The van der Waals surface area contributed by atoms with Crippen molar-refractivity contribution in [3.63, 3.8) is 0 Å². The van der Waals surface area contributed by atoms with Crippen LogP contribution in [0, 0.1) is 5.41 Å². The molecule has 0 aliphatic rings. The van der Waals surface area contributed by atoms with Gasteiger partial charge in [-0.3, -0.25) is 9.80 Å². The van der Waals surface area contributed by atoms with Crippen molar-refractivity contribution in [2.45, 2.75) is 12.8 Å². The third kappa shape index (κ3) is 4.59. The first-order valence-electron chi connectivity index (χ1n) is 5.14. The first-order chi connectivity index (χ1) is 7.72. The minimum Gasteiger partial charge on any atom is -0.370 e. The van der Waals surface area contributed by atoms with Gasteiger partial charge in [-0.05, 0) is 30.0 Å². The molecule has 0 spiro atoms. The summed E-state index contributed by atoms with van der Waals surface area (Å²) in [7, 11) is 0. The van der Waals surface area contributed by atoms with E-state index in [4.69, 9.17) is 11.1 Å². The highest BCUT2D eigenvalue weighted by molar-refractivity contribution is 5.76. The summed E-state index contributed by atoms with van der Waals surface area (Å²) in [6.07, 6.45) is 4.77. The lowest BCUT2D eigenvalue weighted by molar-refractivity contribution is 0.473. The van der Waals surface area contributed by atoms with Crippen LogP contribution in [0.25, 0.3) is 6.08 Å². The third-order valence-electron chi connectivity index (χ3n) is 2.09. The smallest absolute Gasteiger partial charge is 0.189 e. The molecule has 16 heavy (non-hydrogen) atoms. The molecular weight excluding hydrogens is 205 g/mol. The first-order valence-corrected chi connectivity index (χ1v) is 5.14. The first kappa shape index (κ1) is 12.2. The fourth-order valence-corrected chi connectivity index (χ4v) is 1.29. The van der Waals surface area contributed by atoms with Gasteiger partial charge in [-0.1, -0.05) is 24.3 Å². The van der Waals surface area contributed by atoms with Crippen LogP contribution in [0.15, 0.2) is 30.5 Å². The van der Waals surface area contributed by atoms with Gasteiger partial charge in [-0.15, -0.1) is 0 Å². The van der Waals surface area contributed by atoms with E-state index >= 15 is 0 Å². The second-order valence-electron chi connectivity index (χ2n) is 3.43. The Bertz CT molecular complexity index is 357.